The van der Waals surface area contributed by atoms with E-state index in [-0.39, 0.29) is 0 Å². The zero-order valence-electron chi connectivity index (χ0n) is 11.0. The Morgan fingerprint density at radius 1 is 1.25 bits per heavy atom. The first-order valence-corrected chi connectivity index (χ1v) is 7.32. The van der Waals surface area contributed by atoms with Crippen LogP contribution < -0.4 is 5.32 Å². The molecular weight excluding hydrogens is 196 g/mol. The topological polar surface area (TPSA) is 15.3 Å². The first-order chi connectivity index (χ1) is 7.83. The van der Waals surface area contributed by atoms with Crippen LogP contribution in [0, 0.1) is 0 Å². The normalized spacial score (nSPS) is 34.1. The summed E-state index contributed by atoms with van der Waals surface area (Å²) < 4.78 is 0. The van der Waals surface area contributed by atoms with Crippen LogP contribution in [0.1, 0.15) is 58.8 Å². The molecule has 0 radical (unpaired) electrons. The minimum absolute atomic E-state index is 0.790. The second-order valence-electron chi connectivity index (χ2n) is 5.64. The third-order valence-electron chi connectivity index (χ3n) is 4.43. The molecule has 2 rings (SSSR count). The summed E-state index contributed by atoms with van der Waals surface area (Å²) in [4.78, 5) is 2.80. The van der Waals surface area contributed by atoms with Crippen molar-refractivity contribution < 1.29 is 0 Å². The zero-order chi connectivity index (χ0) is 11.4. The summed E-state index contributed by atoms with van der Waals surface area (Å²) >= 11 is 0. The van der Waals surface area contributed by atoms with Crippen LogP contribution in [0.15, 0.2) is 0 Å². The van der Waals surface area contributed by atoms with Crippen molar-refractivity contribution in [1.82, 2.24) is 10.2 Å². The van der Waals surface area contributed by atoms with Gasteiger partial charge in [-0.15, -0.1) is 0 Å². The number of piperidine rings is 1. The number of likely N-dealkylation sites (tertiary alicyclic amines) is 1. The molecule has 2 fully saturated rings. The highest BCUT2D eigenvalue weighted by atomic mass is 15.2. The van der Waals surface area contributed by atoms with E-state index >= 15 is 0 Å². The van der Waals surface area contributed by atoms with E-state index in [1.165, 1.54) is 58.0 Å². The maximum absolute atomic E-state index is 3.71. The van der Waals surface area contributed by atoms with Crippen LogP contribution in [0.25, 0.3) is 0 Å². The Balaban J connectivity index is 1.95. The van der Waals surface area contributed by atoms with Crippen molar-refractivity contribution in [3.8, 4) is 0 Å². The Morgan fingerprint density at radius 2 is 2.12 bits per heavy atom. The largest absolute Gasteiger partial charge is 0.312 e. The fourth-order valence-corrected chi connectivity index (χ4v) is 3.58. The molecule has 0 aromatic heterocycles. The maximum atomic E-state index is 3.71. The molecule has 0 aromatic carbocycles. The van der Waals surface area contributed by atoms with Crippen LogP contribution in [0.4, 0.5) is 0 Å². The maximum Gasteiger partial charge on any atom is 0.0252 e. The molecule has 0 amide bonds. The minimum Gasteiger partial charge on any atom is -0.312 e. The van der Waals surface area contributed by atoms with E-state index in [9.17, 15) is 0 Å². The monoisotopic (exact) mass is 224 g/mol. The van der Waals surface area contributed by atoms with Crippen LogP contribution in [0.5, 0.6) is 0 Å². The van der Waals surface area contributed by atoms with Gasteiger partial charge in [-0.25, -0.2) is 0 Å². The molecule has 2 nitrogen and oxygen atoms in total. The summed E-state index contributed by atoms with van der Waals surface area (Å²) in [7, 11) is 0. The third-order valence-corrected chi connectivity index (χ3v) is 4.43. The molecule has 2 heterocycles. The van der Waals surface area contributed by atoms with Crippen molar-refractivity contribution in [1.29, 1.82) is 0 Å². The number of nitrogens with one attached hydrogen (secondary N) is 1. The molecular formula is C14H28N2. The van der Waals surface area contributed by atoms with Crippen molar-refractivity contribution in [3.63, 3.8) is 0 Å². The molecule has 2 aliphatic heterocycles. The van der Waals surface area contributed by atoms with E-state index in [2.05, 4.69) is 24.1 Å². The van der Waals surface area contributed by atoms with Crippen molar-refractivity contribution in [2.24, 2.45) is 0 Å². The predicted molar refractivity (Wildman–Crippen MR) is 69.7 cm³/mol. The lowest BCUT2D eigenvalue weighted by Crippen LogP contribution is -2.53. The van der Waals surface area contributed by atoms with Crippen LogP contribution in [-0.2, 0) is 0 Å². The van der Waals surface area contributed by atoms with Gasteiger partial charge in [-0.2, -0.15) is 0 Å². The molecule has 16 heavy (non-hydrogen) atoms. The van der Waals surface area contributed by atoms with Crippen LogP contribution >= 0.6 is 0 Å². The summed E-state index contributed by atoms with van der Waals surface area (Å²) in [5, 5.41) is 3.71. The van der Waals surface area contributed by atoms with Gasteiger partial charge in [-0.1, -0.05) is 19.8 Å². The molecule has 3 unspecified atom stereocenters. The van der Waals surface area contributed by atoms with Gasteiger partial charge in [0.1, 0.15) is 0 Å². The summed E-state index contributed by atoms with van der Waals surface area (Å²) in [6, 6.07) is 2.41. The van der Waals surface area contributed by atoms with Gasteiger partial charge < -0.3 is 5.32 Å². The average molecular weight is 224 g/mol. The lowest BCUT2D eigenvalue weighted by molar-refractivity contribution is 0.0762. The van der Waals surface area contributed by atoms with Crippen molar-refractivity contribution >= 4 is 0 Å². The highest BCUT2D eigenvalue weighted by Gasteiger charge is 2.33. The van der Waals surface area contributed by atoms with Gasteiger partial charge in [0.2, 0.25) is 0 Å². The quantitative estimate of drug-likeness (QED) is 0.790. The molecule has 0 aromatic rings. The van der Waals surface area contributed by atoms with Gasteiger partial charge >= 0.3 is 0 Å². The second kappa shape index (κ2) is 6.02. The zero-order valence-corrected chi connectivity index (χ0v) is 11.0. The smallest absolute Gasteiger partial charge is 0.0252 e. The van der Waals surface area contributed by atoms with E-state index in [1.807, 2.05) is 0 Å². The number of hydrogen-bond donors (Lipinski definition) is 1. The Bertz CT molecular complexity index is 199. The highest BCUT2D eigenvalue weighted by Crippen LogP contribution is 2.27. The van der Waals surface area contributed by atoms with Gasteiger partial charge in [-0.3, -0.25) is 4.90 Å². The fraction of sp³-hybridized carbons (Fsp3) is 1.00. The summed E-state index contributed by atoms with van der Waals surface area (Å²) in [6.07, 6.45) is 9.75. The van der Waals surface area contributed by atoms with Gasteiger partial charge in [-0.05, 0) is 52.1 Å². The average Bonchev–Trinajstić information content (AvgIpc) is 2.83. The Kier molecular flexibility index (Phi) is 4.66. The fourth-order valence-electron chi connectivity index (χ4n) is 3.58. The molecule has 1 N–H and O–H groups in total. The molecule has 2 heteroatoms. The third kappa shape index (κ3) is 2.78. The second-order valence-corrected chi connectivity index (χ2v) is 5.64. The Morgan fingerprint density at radius 3 is 2.81 bits per heavy atom. The molecule has 0 saturated carbocycles. The van der Waals surface area contributed by atoms with Gasteiger partial charge in [0.15, 0.2) is 0 Å². The first-order valence-electron chi connectivity index (χ1n) is 7.32. The Labute approximate surface area is 101 Å². The number of hydrogen-bond acceptors (Lipinski definition) is 2. The van der Waals surface area contributed by atoms with E-state index in [0.29, 0.717) is 0 Å². The molecule has 0 spiro atoms. The van der Waals surface area contributed by atoms with Crippen LogP contribution in [0.2, 0.25) is 0 Å². The van der Waals surface area contributed by atoms with E-state index in [4.69, 9.17) is 0 Å². The highest BCUT2D eigenvalue weighted by molar-refractivity contribution is 4.92. The molecule has 0 bridgehead atoms. The van der Waals surface area contributed by atoms with E-state index in [0.717, 1.165) is 18.1 Å². The van der Waals surface area contributed by atoms with Gasteiger partial charge in [0.25, 0.3) is 0 Å². The molecule has 2 aliphatic rings. The van der Waals surface area contributed by atoms with E-state index in [1.54, 1.807) is 0 Å². The standard InChI is InChI=1S/C14H28N2/c1-3-7-12(2)16-11-5-4-9-14(16)13-8-6-10-15-13/h12-15H,3-11H2,1-2H3. The number of rotatable bonds is 4. The summed E-state index contributed by atoms with van der Waals surface area (Å²) in [5.74, 6) is 0. The lowest BCUT2D eigenvalue weighted by atomic mass is 9.92. The first kappa shape index (κ1) is 12.4. The Hall–Kier alpha value is -0.0800. The van der Waals surface area contributed by atoms with Gasteiger partial charge in [0, 0.05) is 18.1 Å². The molecule has 0 aliphatic carbocycles. The van der Waals surface area contributed by atoms with E-state index < -0.39 is 0 Å². The van der Waals surface area contributed by atoms with Gasteiger partial charge in [0.05, 0.1) is 0 Å². The number of nitrogens with zero attached hydrogens (tertiary/aromatic N) is 1. The minimum atomic E-state index is 0.790. The predicted octanol–water partition coefficient (Wildman–Crippen LogP) is 2.78. The van der Waals surface area contributed by atoms with Crippen molar-refractivity contribution in [2.75, 3.05) is 13.1 Å². The SMILES string of the molecule is CCCC(C)N1CCCCC1C1CCCN1. The summed E-state index contributed by atoms with van der Waals surface area (Å²) in [6.45, 7) is 7.32. The van der Waals surface area contributed by atoms with Crippen LogP contribution in [-0.4, -0.2) is 36.1 Å². The van der Waals surface area contributed by atoms with Crippen LogP contribution in [0.3, 0.4) is 0 Å². The molecule has 3 atom stereocenters. The summed E-state index contributed by atoms with van der Waals surface area (Å²) in [5.41, 5.74) is 0. The lowest BCUT2D eigenvalue weighted by Gasteiger charge is -2.43. The van der Waals surface area contributed by atoms with Crippen molar-refractivity contribution in [2.45, 2.75) is 76.9 Å². The molecule has 94 valence electrons. The molecule has 2 saturated heterocycles. The van der Waals surface area contributed by atoms with Crippen molar-refractivity contribution in [3.05, 3.63) is 0 Å².